The number of carbonyl (C=O) groups excluding carboxylic acids is 1. The fourth-order valence-corrected chi connectivity index (χ4v) is 6.74. The summed E-state index contributed by atoms with van der Waals surface area (Å²) in [4.78, 5) is 13.0. The highest BCUT2D eigenvalue weighted by Crippen LogP contribution is 2.49. The number of rotatable bonds is 5. The van der Waals surface area contributed by atoms with Gasteiger partial charge in [0, 0.05) is 16.7 Å². The van der Waals surface area contributed by atoms with Gasteiger partial charge in [-0.3, -0.25) is 4.79 Å². The van der Waals surface area contributed by atoms with E-state index in [4.69, 9.17) is 0 Å². The smallest absolute Gasteiger partial charge is 0.151 e. The van der Waals surface area contributed by atoms with Crippen LogP contribution in [0.4, 0.5) is 0 Å². The van der Waals surface area contributed by atoms with Crippen LogP contribution in [0.5, 0.6) is 0 Å². The number of hydrogen-bond donors (Lipinski definition) is 0. The van der Waals surface area contributed by atoms with Gasteiger partial charge in [0.15, 0.2) is 6.29 Å². The lowest BCUT2D eigenvalue weighted by atomic mass is 9.80. The van der Waals surface area contributed by atoms with Gasteiger partial charge in [-0.25, -0.2) is 0 Å². The molecule has 1 nitrogen and oxygen atoms in total. The first kappa shape index (κ1) is 24.3. The van der Waals surface area contributed by atoms with Gasteiger partial charge in [-0.1, -0.05) is 146 Å². The van der Waals surface area contributed by atoms with Gasteiger partial charge in [0.2, 0.25) is 0 Å². The van der Waals surface area contributed by atoms with Gasteiger partial charge in [0.05, 0.1) is 0 Å². The third kappa shape index (κ3) is 3.68. The van der Waals surface area contributed by atoms with E-state index < -0.39 is 0 Å². The van der Waals surface area contributed by atoms with Gasteiger partial charge in [-0.2, -0.15) is 0 Å². The Morgan fingerprint density at radius 1 is 0.357 bits per heavy atom. The lowest BCUT2D eigenvalue weighted by Gasteiger charge is -2.23. The molecule has 0 amide bonds. The molecule has 1 heteroatoms. The van der Waals surface area contributed by atoms with E-state index >= 15 is 0 Å². The topological polar surface area (TPSA) is 17.1 Å². The highest BCUT2D eigenvalue weighted by atomic mass is 16.1. The van der Waals surface area contributed by atoms with Crippen LogP contribution < -0.4 is 0 Å². The van der Waals surface area contributed by atoms with Crippen molar-refractivity contribution >= 4 is 38.6 Å². The maximum absolute atomic E-state index is 13.0. The first-order chi connectivity index (χ1) is 20.8. The third-order valence-corrected chi connectivity index (χ3v) is 8.52. The van der Waals surface area contributed by atoms with E-state index in [0.717, 1.165) is 44.9 Å². The first-order valence-electron chi connectivity index (χ1n) is 14.3. The Hall–Kier alpha value is -5.53. The van der Waals surface area contributed by atoms with Crippen molar-refractivity contribution in [3.8, 4) is 44.5 Å². The fraction of sp³-hybridized carbons (Fsp3) is 0. The minimum atomic E-state index is 0.727. The number of benzene rings is 8. The second-order valence-electron chi connectivity index (χ2n) is 10.8. The average Bonchev–Trinajstić information content (AvgIpc) is 3.07. The van der Waals surface area contributed by atoms with E-state index in [9.17, 15) is 4.79 Å². The molecule has 42 heavy (non-hydrogen) atoms. The maximum atomic E-state index is 13.0. The molecule has 0 heterocycles. The van der Waals surface area contributed by atoms with Crippen LogP contribution in [-0.4, -0.2) is 6.29 Å². The standard InChI is InChI=1S/C41H26O/c42-26-37-38(29-17-9-3-10-18-29)33-23-21-31-35(27-13-5-1-6-14-27)25-36(28-15-7-2-8-16-28)32-22-24-34(41(33)40(31)32)39(37)30-19-11-4-12-20-30/h1-26H. The Morgan fingerprint density at radius 3 is 1.07 bits per heavy atom. The fourth-order valence-electron chi connectivity index (χ4n) is 6.74. The molecule has 0 radical (unpaired) electrons. The zero-order valence-electron chi connectivity index (χ0n) is 22.9. The van der Waals surface area contributed by atoms with Crippen molar-refractivity contribution < 1.29 is 4.79 Å². The van der Waals surface area contributed by atoms with Crippen molar-refractivity contribution in [1.82, 2.24) is 0 Å². The number of carbonyl (C=O) groups is 1. The quantitative estimate of drug-likeness (QED) is 0.158. The molecule has 196 valence electrons. The Kier molecular flexibility index (Phi) is 5.68. The van der Waals surface area contributed by atoms with Crippen molar-refractivity contribution in [2.75, 3.05) is 0 Å². The normalized spacial score (nSPS) is 11.4. The second kappa shape index (κ2) is 9.83. The lowest BCUT2D eigenvalue weighted by molar-refractivity contribution is 0.112. The Bertz CT molecular complexity index is 2070. The van der Waals surface area contributed by atoms with Gasteiger partial charge in [-0.15, -0.1) is 0 Å². The van der Waals surface area contributed by atoms with Gasteiger partial charge >= 0.3 is 0 Å². The molecular weight excluding hydrogens is 508 g/mol. The molecule has 0 atom stereocenters. The molecule has 8 rings (SSSR count). The summed E-state index contributed by atoms with van der Waals surface area (Å²) in [5.41, 5.74) is 9.57. The van der Waals surface area contributed by atoms with Crippen molar-refractivity contribution in [2.24, 2.45) is 0 Å². The monoisotopic (exact) mass is 534 g/mol. The van der Waals surface area contributed by atoms with E-state index in [1.807, 2.05) is 36.4 Å². The summed E-state index contributed by atoms with van der Waals surface area (Å²) in [6.45, 7) is 0. The van der Waals surface area contributed by atoms with Crippen LogP contribution in [0.15, 0.2) is 152 Å². The molecule has 0 aliphatic carbocycles. The SMILES string of the molecule is O=Cc1c(-c2ccccc2)c2ccc3c(-c4ccccc4)cc(-c4ccccc4)c4ccc(c1-c1ccccc1)c2c34. The molecule has 0 N–H and O–H groups in total. The van der Waals surface area contributed by atoms with Crippen molar-refractivity contribution in [2.45, 2.75) is 0 Å². The Labute approximate surface area is 244 Å². The van der Waals surface area contributed by atoms with Gasteiger partial charge in [-0.05, 0) is 71.8 Å². The molecular formula is C41H26O. The summed E-state index contributed by atoms with van der Waals surface area (Å²) in [6, 6.07) is 53.3. The molecule has 0 bridgehead atoms. The molecule has 0 saturated heterocycles. The van der Waals surface area contributed by atoms with Crippen LogP contribution in [0.25, 0.3) is 76.8 Å². The van der Waals surface area contributed by atoms with Crippen molar-refractivity contribution in [3.05, 3.63) is 157 Å². The zero-order valence-corrected chi connectivity index (χ0v) is 22.9. The predicted molar refractivity (Wildman–Crippen MR) is 177 cm³/mol. The maximum Gasteiger partial charge on any atom is 0.151 e. The second-order valence-corrected chi connectivity index (χ2v) is 10.8. The van der Waals surface area contributed by atoms with E-state index in [1.165, 1.54) is 43.8 Å². The average molecular weight is 535 g/mol. The first-order valence-corrected chi connectivity index (χ1v) is 14.3. The molecule has 0 aliphatic heterocycles. The van der Waals surface area contributed by atoms with Crippen LogP contribution in [0, 0.1) is 0 Å². The predicted octanol–water partition coefficient (Wildman–Crippen LogP) is 11.1. The van der Waals surface area contributed by atoms with E-state index in [-0.39, 0.29) is 0 Å². The number of aldehydes is 1. The molecule has 0 aromatic heterocycles. The van der Waals surface area contributed by atoms with E-state index in [1.54, 1.807) is 0 Å². The summed E-state index contributed by atoms with van der Waals surface area (Å²) in [5.74, 6) is 0. The van der Waals surface area contributed by atoms with Crippen LogP contribution in [0.3, 0.4) is 0 Å². The van der Waals surface area contributed by atoms with E-state index in [2.05, 4.69) is 115 Å². The highest BCUT2D eigenvalue weighted by molar-refractivity contribution is 6.33. The van der Waals surface area contributed by atoms with Crippen LogP contribution >= 0.6 is 0 Å². The summed E-state index contributed by atoms with van der Waals surface area (Å²) in [7, 11) is 0. The summed E-state index contributed by atoms with van der Waals surface area (Å²) in [6.07, 6.45) is 1.05. The van der Waals surface area contributed by atoms with Gasteiger partial charge in [0.1, 0.15) is 0 Å². The third-order valence-electron chi connectivity index (χ3n) is 8.52. The molecule has 0 saturated carbocycles. The molecule has 0 aliphatic rings. The van der Waals surface area contributed by atoms with Gasteiger partial charge < -0.3 is 0 Å². The molecule has 8 aromatic carbocycles. The largest absolute Gasteiger partial charge is 0.298 e. The summed E-state index contributed by atoms with van der Waals surface area (Å²) in [5, 5.41) is 7.05. The van der Waals surface area contributed by atoms with Crippen LogP contribution in [-0.2, 0) is 0 Å². The lowest BCUT2D eigenvalue weighted by Crippen LogP contribution is -1.99. The van der Waals surface area contributed by atoms with Gasteiger partial charge in [0.25, 0.3) is 0 Å². The zero-order chi connectivity index (χ0) is 28.0. The molecule has 8 aromatic rings. The molecule has 0 unspecified atom stereocenters. The highest BCUT2D eigenvalue weighted by Gasteiger charge is 2.24. The molecule has 0 fully saturated rings. The van der Waals surface area contributed by atoms with Crippen molar-refractivity contribution in [3.63, 3.8) is 0 Å². The van der Waals surface area contributed by atoms with Crippen molar-refractivity contribution in [1.29, 1.82) is 0 Å². The van der Waals surface area contributed by atoms with Crippen LogP contribution in [0.2, 0.25) is 0 Å². The Morgan fingerprint density at radius 2 is 0.690 bits per heavy atom. The van der Waals surface area contributed by atoms with Crippen LogP contribution in [0.1, 0.15) is 10.4 Å². The number of hydrogen-bond acceptors (Lipinski definition) is 1. The summed E-state index contributed by atoms with van der Waals surface area (Å²) >= 11 is 0. The minimum absolute atomic E-state index is 0.727. The minimum Gasteiger partial charge on any atom is -0.298 e. The molecule has 0 spiro atoms. The Balaban J connectivity index is 1.64. The van der Waals surface area contributed by atoms with E-state index in [0.29, 0.717) is 0 Å². The summed E-state index contributed by atoms with van der Waals surface area (Å²) < 4.78 is 0.